The zero-order valence-corrected chi connectivity index (χ0v) is 9.19. The van der Waals surface area contributed by atoms with E-state index < -0.39 is 10.0 Å². The molecule has 0 rings (SSSR count). The van der Waals surface area contributed by atoms with Crippen molar-refractivity contribution in [3.05, 3.63) is 0 Å². The Hall–Kier alpha value is -0.130. The monoisotopic (exact) mass is 209 g/mol. The molecule has 0 atom stereocenters. The lowest BCUT2D eigenvalue weighted by Gasteiger charge is -2.04. The number of ether oxygens (including phenoxy) is 1. The van der Waals surface area contributed by atoms with E-state index in [1.54, 1.807) is 6.92 Å². The zero-order chi connectivity index (χ0) is 10.2. The van der Waals surface area contributed by atoms with Gasteiger partial charge in [-0.15, -0.1) is 0 Å². The Bertz CT molecular complexity index is 201. The molecule has 1 N–H and O–H groups in total. The van der Waals surface area contributed by atoms with Crippen molar-refractivity contribution in [2.75, 3.05) is 25.5 Å². The molecule has 0 aliphatic rings. The van der Waals surface area contributed by atoms with Gasteiger partial charge in [-0.1, -0.05) is 6.92 Å². The highest BCUT2D eigenvalue weighted by molar-refractivity contribution is 7.89. The number of rotatable bonds is 8. The van der Waals surface area contributed by atoms with Crippen molar-refractivity contribution in [2.24, 2.45) is 0 Å². The average Bonchev–Trinajstić information content (AvgIpc) is 2.11. The van der Waals surface area contributed by atoms with Crippen molar-refractivity contribution in [1.82, 2.24) is 4.72 Å². The van der Waals surface area contributed by atoms with E-state index in [0.29, 0.717) is 13.2 Å². The third kappa shape index (κ3) is 8.21. The van der Waals surface area contributed by atoms with Crippen molar-refractivity contribution >= 4 is 10.0 Å². The molecule has 0 saturated carbocycles. The van der Waals surface area contributed by atoms with Crippen molar-refractivity contribution in [3.63, 3.8) is 0 Å². The van der Waals surface area contributed by atoms with Gasteiger partial charge >= 0.3 is 0 Å². The summed E-state index contributed by atoms with van der Waals surface area (Å²) in [6.07, 6.45) is 1.74. The van der Waals surface area contributed by atoms with Crippen LogP contribution in [0.25, 0.3) is 0 Å². The molecule has 0 aromatic rings. The first-order chi connectivity index (χ1) is 6.12. The quantitative estimate of drug-likeness (QED) is 0.600. The van der Waals surface area contributed by atoms with Crippen LogP contribution in [-0.4, -0.2) is 33.9 Å². The van der Waals surface area contributed by atoms with Gasteiger partial charge in [-0.05, 0) is 19.8 Å². The van der Waals surface area contributed by atoms with Gasteiger partial charge in [0.05, 0.1) is 5.75 Å². The molecule has 0 amide bonds. The second-order valence-corrected chi connectivity index (χ2v) is 4.86. The molecule has 0 fully saturated rings. The molecule has 0 heterocycles. The van der Waals surface area contributed by atoms with Crippen LogP contribution in [0.5, 0.6) is 0 Å². The first-order valence-electron chi connectivity index (χ1n) is 4.67. The third-order valence-corrected chi connectivity index (χ3v) is 2.92. The van der Waals surface area contributed by atoms with Gasteiger partial charge in [0.15, 0.2) is 0 Å². The minimum absolute atomic E-state index is 0.142. The second-order valence-electron chi connectivity index (χ2n) is 2.76. The van der Waals surface area contributed by atoms with Gasteiger partial charge < -0.3 is 4.74 Å². The molecule has 0 aliphatic heterocycles. The van der Waals surface area contributed by atoms with Crippen molar-refractivity contribution in [2.45, 2.75) is 26.7 Å². The maximum atomic E-state index is 10.9. The summed E-state index contributed by atoms with van der Waals surface area (Å²) in [4.78, 5) is 0. The molecular weight excluding hydrogens is 190 g/mol. The van der Waals surface area contributed by atoms with Crippen LogP contribution < -0.4 is 4.72 Å². The molecule has 0 spiro atoms. The maximum Gasteiger partial charge on any atom is 0.211 e. The Morgan fingerprint density at radius 2 is 1.92 bits per heavy atom. The van der Waals surface area contributed by atoms with E-state index >= 15 is 0 Å². The van der Waals surface area contributed by atoms with E-state index in [2.05, 4.69) is 4.72 Å². The number of sulfonamides is 1. The van der Waals surface area contributed by atoms with E-state index in [0.717, 1.165) is 19.4 Å². The van der Waals surface area contributed by atoms with E-state index in [9.17, 15) is 8.42 Å². The van der Waals surface area contributed by atoms with Gasteiger partial charge in [-0.2, -0.15) is 0 Å². The summed E-state index contributed by atoms with van der Waals surface area (Å²) < 4.78 is 29.5. The topological polar surface area (TPSA) is 55.4 Å². The van der Waals surface area contributed by atoms with E-state index in [1.165, 1.54) is 0 Å². The molecule has 0 radical (unpaired) electrons. The van der Waals surface area contributed by atoms with Gasteiger partial charge in [0.2, 0.25) is 10.0 Å². The summed E-state index contributed by atoms with van der Waals surface area (Å²) in [5.74, 6) is 0.142. The fraction of sp³-hybridized carbons (Fsp3) is 1.00. The molecule has 0 unspecified atom stereocenters. The maximum absolute atomic E-state index is 10.9. The fourth-order valence-corrected chi connectivity index (χ4v) is 1.41. The van der Waals surface area contributed by atoms with Crippen molar-refractivity contribution in [1.29, 1.82) is 0 Å². The molecule has 13 heavy (non-hydrogen) atoms. The largest absolute Gasteiger partial charge is 0.381 e. The smallest absolute Gasteiger partial charge is 0.211 e. The van der Waals surface area contributed by atoms with Crippen LogP contribution in [0.3, 0.4) is 0 Å². The standard InChI is InChI=1S/C8H19NO3S/c1-3-7-12-8-5-6-9-13(10,11)4-2/h9H,3-8H2,1-2H3. The predicted molar refractivity (Wildman–Crippen MR) is 53.2 cm³/mol. The molecule has 0 aromatic heterocycles. The minimum Gasteiger partial charge on any atom is -0.381 e. The summed E-state index contributed by atoms with van der Waals surface area (Å²) in [5, 5.41) is 0. The summed E-state index contributed by atoms with van der Waals surface area (Å²) in [6.45, 7) is 5.51. The molecule has 5 heteroatoms. The van der Waals surface area contributed by atoms with Gasteiger partial charge in [0.1, 0.15) is 0 Å². The average molecular weight is 209 g/mol. The summed E-state index contributed by atoms with van der Waals surface area (Å²) >= 11 is 0. The van der Waals surface area contributed by atoms with Crippen LogP contribution in [0.15, 0.2) is 0 Å². The lowest BCUT2D eigenvalue weighted by atomic mass is 10.4. The molecule has 4 nitrogen and oxygen atoms in total. The van der Waals surface area contributed by atoms with Crippen LogP contribution in [0.1, 0.15) is 26.7 Å². The summed E-state index contributed by atoms with van der Waals surface area (Å²) in [6, 6.07) is 0. The second kappa shape index (κ2) is 7.29. The highest BCUT2D eigenvalue weighted by Gasteiger charge is 2.03. The van der Waals surface area contributed by atoms with Crippen LogP contribution in [-0.2, 0) is 14.8 Å². The SMILES string of the molecule is CCCOCCCNS(=O)(=O)CC. The fourth-order valence-electron chi connectivity index (χ4n) is 0.750. The van der Waals surface area contributed by atoms with Crippen LogP contribution in [0.2, 0.25) is 0 Å². The van der Waals surface area contributed by atoms with Crippen molar-refractivity contribution in [3.8, 4) is 0 Å². The lowest BCUT2D eigenvalue weighted by molar-refractivity contribution is 0.133. The minimum atomic E-state index is -3.02. The molecule has 0 aliphatic carbocycles. The van der Waals surface area contributed by atoms with E-state index in [-0.39, 0.29) is 5.75 Å². The van der Waals surface area contributed by atoms with Crippen LogP contribution in [0.4, 0.5) is 0 Å². The third-order valence-electron chi connectivity index (χ3n) is 1.52. The Morgan fingerprint density at radius 1 is 1.23 bits per heavy atom. The molecule has 0 bridgehead atoms. The van der Waals surface area contributed by atoms with Gasteiger partial charge in [0, 0.05) is 19.8 Å². The van der Waals surface area contributed by atoms with Gasteiger partial charge in [-0.25, -0.2) is 13.1 Å². The summed E-state index contributed by atoms with van der Waals surface area (Å²) in [5.41, 5.74) is 0. The van der Waals surface area contributed by atoms with Crippen LogP contribution in [0, 0.1) is 0 Å². The number of nitrogens with one attached hydrogen (secondary N) is 1. The Morgan fingerprint density at radius 3 is 2.46 bits per heavy atom. The Labute approximate surface area is 80.7 Å². The normalized spacial score (nSPS) is 11.8. The molecular formula is C8H19NO3S. The Kier molecular flexibility index (Phi) is 7.22. The van der Waals surface area contributed by atoms with E-state index in [4.69, 9.17) is 4.74 Å². The van der Waals surface area contributed by atoms with Gasteiger partial charge in [0.25, 0.3) is 0 Å². The summed E-state index contributed by atoms with van der Waals surface area (Å²) in [7, 11) is -3.02. The first-order valence-corrected chi connectivity index (χ1v) is 6.32. The zero-order valence-electron chi connectivity index (χ0n) is 8.38. The first kappa shape index (κ1) is 12.9. The van der Waals surface area contributed by atoms with Crippen LogP contribution >= 0.6 is 0 Å². The Balaban J connectivity index is 3.26. The van der Waals surface area contributed by atoms with Gasteiger partial charge in [-0.3, -0.25) is 0 Å². The predicted octanol–water partition coefficient (Wildman–Crippen LogP) is 0.742. The van der Waals surface area contributed by atoms with Crippen molar-refractivity contribution < 1.29 is 13.2 Å². The molecule has 0 saturated heterocycles. The highest BCUT2D eigenvalue weighted by Crippen LogP contribution is 1.86. The number of hydrogen-bond donors (Lipinski definition) is 1. The van der Waals surface area contributed by atoms with E-state index in [1.807, 2.05) is 6.92 Å². The lowest BCUT2D eigenvalue weighted by Crippen LogP contribution is -2.26. The highest BCUT2D eigenvalue weighted by atomic mass is 32.2. The molecule has 80 valence electrons. The number of hydrogen-bond acceptors (Lipinski definition) is 3. The molecule has 0 aromatic carbocycles.